The molecule has 0 rings (SSSR count). The van der Waals surface area contributed by atoms with E-state index in [1.807, 2.05) is 0 Å². The Balaban J connectivity index is 5.21. The Hall–Kier alpha value is -0.0400. The zero-order chi connectivity index (χ0) is 30.9. The quantitative estimate of drug-likeness (QED) is 0.0662. The van der Waals surface area contributed by atoms with E-state index in [9.17, 15) is 0 Å². The monoisotopic (exact) mass is 592 g/mol. The molecule has 42 heavy (non-hydrogen) atoms. The smallest absolute Gasteiger partial charge is 0.000977 e. The van der Waals surface area contributed by atoms with Crippen LogP contribution in [0.1, 0.15) is 228 Å². The maximum atomic E-state index is 3.02. The van der Waals surface area contributed by atoms with Crippen molar-refractivity contribution in [3.63, 3.8) is 0 Å². The maximum Gasteiger partial charge on any atom is 0.000977 e. The molecule has 0 fully saturated rings. The van der Waals surface area contributed by atoms with Gasteiger partial charge < -0.3 is 4.90 Å². The van der Waals surface area contributed by atoms with E-state index in [2.05, 4.69) is 46.4 Å². The van der Waals surface area contributed by atoms with Crippen molar-refractivity contribution in [3.8, 4) is 0 Å². The van der Waals surface area contributed by atoms with Gasteiger partial charge in [-0.15, -0.1) is 0 Å². The van der Waals surface area contributed by atoms with Crippen LogP contribution in [0.5, 0.6) is 0 Å². The molecule has 0 saturated heterocycles. The lowest BCUT2D eigenvalue weighted by Crippen LogP contribution is -2.35. The van der Waals surface area contributed by atoms with Gasteiger partial charge in [-0.2, -0.15) is 0 Å². The zero-order valence-corrected chi connectivity index (χ0v) is 30.8. The first-order chi connectivity index (χ1) is 20.6. The van der Waals surface area contributed by atoms with Gasteiger partial charge in [0.2, 0.25) is 0 Å². The van der Waals surface area contributed by atoms with Crippen LogP contribution >= 0.6 is 0 Å². The van der Waals surface area contributed by atoms with Gasteiger partial charge in [0.05, 0.1) is 0 Å². The van der Waals surface area contributed by atoms with Crippen LogP contribution in [0.15, 0.2) is 0 Å². The largest absolute Gasteiger partial charge is 0.303 e. The van der Waals surface area contributed by atoms with Crippen molar-refractivity contribution in [1.82, 2.24) is 4.90 Å². The summed E-state index contributed by atoms with van der Waals surface area (Å²) < 4.78 is 0. The lowest BCUT2D eigenvalue weighted by molar-refractivity contribution is 0.170. The van der Waals surface area contributed by atoms with Gasteiger partial charge in [0.25, 0.3) is 0 Å². The number of unbranched alkanes of at least 4 members (excludes halogenated alkanes) is 19. The molecule has 2 unspecified atom stereocenters. The summed E-state index contributed by atoms with van der Waals surface area (Å²) in [5.74, 6) is 2.74. The maximum absolute atomic E-state index is 3.02. The van der Waals surface area contributed by atoms with Gasteiger partial charge in [0.1, 0.15) is 0 Å². The molecule has 2 atom stereocenters. The Morgan fingerprint density at radius 3 is 0.976 bits per heavy atom. The highest BCUT2D eigenvalue weighted by Gasteiger charge is 2.19. The minimum absolute atomic E-state index is 0.868. The van der Waals surface area contributed by atoms with Crippen LogP contribution in [-0.2, 0) is 0 Å². The van der Waals surface area contributed by atoms with Crippen molar-refractivity contribution in [2.24, 2.45) is 17.8 Å². The molecule has 254 valence electrons. The molecule has 0 aromatic rings. The number of hydrogen-bond donors (Lipinski definition) is 0. The van der Waals surface area contributed by atoms with Gasteiger partial charge in [0, 0.05) is 13.1 Å². The summed E-state index contributed by atoms with van der Waals surface area (Å²) in [7, 11) is 0. The summed E-state index contributed by atoms with van der Waals surface area (Å²) >= 11 is 0. The van der Waals surface area contributed by atoms with Crippen molar-refractivity contribution < 1.29 is 0 Å². The van der Waals surface area contributed by atoms with Crippen LogP contribution in [0.2, 0.25) is 0 Å². The van der Waals surface area contributed by atoms with Gasteiger partial charge in [0.15, 0.2) is 0 Å². The van der Waals surface area contributed by atoms with E-state index in [4.69, 9.17) is 0 Å². The van der Waals surface area contributed by atoms with E-state index in [0.29, 0.717) is 0 Å². The summed E-state index contributed by atoms with van der Waals surface area (Å²) in [6.07, 6.45) is 41.9. The average Bonchev–Trinajstić information content (AvgIpc) is 2.98. The molecule has 0 spiro atoms. The van der Waals surface area contributed by atoms with Crippen molar-refractivity contribution in [2.75, 3.05) is 19.6 Å². The summed E-state index contributed by atoms with van der Waals surface area (Å²) in [6, 6.07) is 0. The van der Waals surface area contributed by atoms with Gasteiger partial charge in [-0.1, -0.05) is 196 Å². The molecule has 0 aliphatic carbocycles. The summed E-state index contributed by atoms with van der Waals surface area (Å²) in [6.45, 7) is 18.3. The standard InChI is InChI=1S/C41H85N/c1-7-11-15-19-21-28-34-40(32-26-17-13-9-3)37-42(36-30-24-23-25-31-39(5)6)38-41(33-27-18-14-10-4)35-29-22-20-16-12-8-2/h39-41H,7-38H2,1-6H3. The van der Waals surface area contributed by atoms with E-state index >= 15 is 0 Å². The Morgan fingerprint density at radius 1 is 0.333 bits per heavy atom. The SMILES string of the molecule is CCCCCCCCC(CCCCCC)CN(CCCCCCC(C)C)CC(CCCCCC)CCCCCCCC. The minimum Gasteiger partial charge on any atom is -0.303 e. The normalized spacial score (nSPS) is 13.4. The molecule has 0 heterocycles. The van der Waals surface area contributed by atoms with E-state index in [1.54, 1.807) is 0 Å². The van der Waals surface area contributed by atoms with Gasteiger partial charge >= 0.3 is 0 Å². The molecular formula is C41H85N. The van der Waals surface area contributed by atoms with Crippen molar-refractivity contribution in [1.29, 1.82) is 0 Å². The predicted octanol–water partition coefficient (Wildman–Crippen LogP) is 14.6. The molecule has 0 aliphatic heterocycles. The van der Waals surface area contributed by atoms with Gasteiger partial charge in [-0.05, 0) is 56.4 Å². The lowest BCUT2D eigenvalue weighted by Gasteiger charge is -2.32. The van der Waals surface area contributed by atoms with E-state index in [0.717, 1.165) is 17.8 Å². The highest BCUT2D eigenvalue weighted by molar-refractivity contribution is 4.73. The zero-order valence-electron chi connectivity index (χ0n) is 30.8. The van der Waals surface area contributed by atoms with Gasteiger partial charge in [-0.3, -0.25) is 0 Å². The second-order valence-corrected chi connectivity index (χ2v) is 14.9. The fourth-order valence-electron chi connectivity index (χ4n) is 7.03. The fraction of sp³-hybridized carbons (Fsp3) is 1.00. The molecule has 1 nitrogen and oxygen atoms in total. The average molecular weight is 592 g/mol. The molecular weight excluding hydrogens is 506 g/mol. The first kappa shape index (κ1) is 42.0. The first-order valence-corrected chi connectivity index (χ1v) is 20.3. The van der Waals surface area contributed by atoms with E-state index in [1.165, 1.54) is 206 Å². The summed E-state index contributed by atoms with van der Waals surface area (Å²) in [4.78, 5) is 3.02. The predicted molar refractivity (Wildman–Crippen MR) is 195 cm³/mol. The molecule has 0 saturated carbocycles. The van der Waals surface area contributed by atoms with Crippen LogP contribution in [0, 0.1) is 17.8 Å². The van der Waals surface area contributed by atoms with Crippen molar-refractivity contribution in [3.05, 3.63) is 0 Å². The van der Waals surface area contributed by atoms with Crippen LogP contribution in [0.25, 0.3) is 0 Å². The summed E-state index contributed by atoms with van der Waals surface area (Å²) in [5, 5.41) is 0. The molecule has 0 radical (unpaired) electrons. The number of nitrogens with zero attached hydrogens (tertiary/aromatic N) is 1. The third-order valence-electron chi connectivity index (χ3n) is 9.90. The Bertz CT molecular complexity index is 451. The van der Waals surface area contributed by atoms with Crippen LogP contribution in [0.3, 0.4) is 0 Å². The Labute approximate surface area is 269 Å². The second-order valence-electron chi connectivity index (χ2n) is 14.9. The van der Waals surface area contributed by atoms with Crippen LogP contribution in [0.4, 0.5) is 0 Å². The molecule has 1 heteroatoms. The Kier molecular flexibility index (Phi) is 33.8. The van der Waals surface area contributed by atoms with Gasteiger partial charge in [-0.25, -0.2) is 0 Å². The van der Waals surface area contributed by atoms with Crippen LogP contribution in [-0.4, -0.2) is 24.5 Å². The lowest BCUT2D eigenvalue weighted by atomic mass is 9.91. The van der Waals surface area contributed by atoms with Crippen LogP contribution < -0.4 is 0 Å². The van der Waals surface area contributed by atoms with E-state index in [-0.39, 0.29) is 0 Å². The Morgan fingerprint density at radius 2 is 0.619 bits per heavy atom. The first-order valence-electron chi connectivity index (χ1n) is 20.3. The molecule has 0 aromatic heterocycles. The fourth-order valence-corrected chi connectivity index (χ4v) is 7.03. The number of hydrogen-bond acceptors (Lipinski definition) is 1. The molecule has 0 N–H and O–H groups in total. The third kappa shape index (κ3) is 30.0. The van der Waals surface area contributed by atoms with Crippen molar-refractivity contribution >= 4 is 0 Å². The summed E-state index contributed by atoms with van der Waals surface area (Å²) in [5.41, 5.74) is 0. The third-order valence-corrected chi connectivity index (χ3v) is 9.90. The van der Waals surface area contributed by atoms with Crippen molar-refractivity contribution in [2.45, 2.75) is 228 Å². The highest BCUT2D eigenvalue weighted by atomic mass is 15.1. The molecule has 0 aromatic carbocycles. The molecule has 0 aliphatic rings. The highest BCUT2D eigenvalue weighted by Crippen LogP contribution is 2.25. The second kappa shape index (κ2) is 33.8. The number of rotatable bonds is 35. The molecule has 0 bridgehead atoms. The minimum atomic E-state index is 0.868. The van der Waals surface area contributed by atoms with E-state index < -0.39 is 0 Å². The topological polar surface area (TPSA) is 3.24 Å². The molecule has 0 amide bonds.